The lowest BCUT2D eigenvalue weighted by Gasteiger charge is -2.23. The number of nitrogens with one attached hydrogen (secondary N) is 1. The molecule has 0 bridgehead atoms. The number of rotatable bonds is 4. The lowest BCUT2D eigenvalue weighted by atomic mass is 10.1. The van der Waals surface area contributed by atoms with E-state index in [-0.39, 0.29) is 0 Å². The van der Waals surface area contributed by atoms with Crippen LogP contribution in [-0.4, -0.2) is 19.1 Å². The first-order valence-corrected chi connectivity index (χ1v) is 7.62. The highest BCUT2D eigenvalue weighted by Crippen LogP contribution is 2.29. The first kappa shape index (κ1) is 13.9. The Morgan fingerprint density at radius 2 is 2.22 bits per heavy atom. The van der Waals surface area contributed by atoms with E-state index in [0.29, 0.717) is 6.04 Å². The first-order valence-electron chi connectivity index (χ1n) is 6.83. The summed E-state index contributed by atoms with van der Waals surface area (Å²) in [6.07, 6.45) is 1.31. The largest absolute Gasteiger partial charge is 0.371 e. The summed E-state index contributed by atoms with van der Waals surface area (Å²) in [6, 6.07) is 7.16. The Morgan fingerprint density at radius 3 is 2.83 bits per heavy atom. The van der Waals surface area contributed by atoms with Gasteiger partial charge in [-0.2, -0.15) is 0 Å². The molecule has 0 saturated carbocycles. The molecule has 1 N–H and O–H groups in total. The second kappa shape index (κ2) is 6.07. The van der Waals surface area contributed by atoms with Gasteiger partial charge in [-0.1, -0.05) is 42.8 Å². The van der Waals surface area contributed by atoms with E-state index in [1.165, 1.54) is 35.2 Å². The van der Waals surface area contributed by atoms with Crippen molar-refractivity contribution >= 4 is 21.6 Å². The van der Waals surface area contributed by atoms with E-state index < -0.39 is 0 Å². The average molecular weight is 311 g/mol. The van der Waals surface area contributed by atoms with Gasteiger partial charge in [0.15, 0.2) is 0 Å². The van der Waals surface area contributed by atoms with Crippen LogP contribution in [-0.2, 0) is 6.54 Å². The molecule has 1 aromatic rings. The van der Waals surface area contributed by atoms with Crippen LogP contribution in [0.5, 0.6) is 0 Å². The second-order valence-electron chi connectivity index (χ2n) is 5.65. The van der Waals surface area contributed by atoms with Crippen molar-refractivity contribution in [2.45, 2.75) is 39.8 Å². The first-order chi connectivity index (χ1) is 8.56. The molecule has 2 nitrogen and oxygen atoms in total. The summed E-state index contributed by atoms with van der Waals surface area (Å²) in [7, 11) is 0. The third kappa shape index (κ3) is 3.48. The number of hydrogen-bond acceptors (Lipinski definition) is 2. The van der Waals surface area contributed by atoms with E-state index in [1.54, 1.807) is 0 Å². The molecule has 2 rings (SSSR count). The standard InChI is InChI=1S/C15H23BrN2/c1-11(2)17-9-13-4-5-14(16)8-15(13)18-7-6-12(3)10-18/h4-5,8,11-12,17H,6-7,9-10H2,1-3H3. The summed E-state index contributed by atoms with van der Waals surface area (Å²) in [5.74, 6) is 0.815. The molecule has 3 heteroatoms. The maximum absolute atomic E-state index is 3.59. The zero-order valence-electron chi connectivity index (χ0n) is 11.5. The quantitative estimate of drug-likeness (QED) is 0.910. The van der Waals surface area contributed by atoms with Gasteiger partial charge in [0.05, 0.1) is 0 Å². The number of nitrogens with zero attached hydrogens (tertiary/aromatic N) is 1. The van der Waals surface area contributed by atoms with Gasteiger partial charge in [0.25, 0.3) is 0 Å². The van der Waals surface area contributed by atoms with Gasteiger partial charge in [-0.05, 0) is 30.0 Å². The van der Waals surface area contributed by atoms with Crippen molar-refractivity contribution in [1.82, 2.24) is 5.32 Å². The molecule has 1 fully saturated rings. The fourth-order valence-corrected chi connectivity index (χ4v) is 2.80. The van der Waals surface area contributed by atoms with Gasteiger partial charge in [-0.3, -0.25) is 0 Å². The number of hydrogen-bond donors (Lipinski definition) is 1. The highest BCUT2D eigenvalue weighted by Gasteiger charge is 2.21. The topological polar surface area (TPSA) is 15.3 Å². The molecular formula is C15H23BrN2. The number of anilines is 1. The summed E-state index contributed by atoms with van der Waals surface area (Å²) < 4.78 is 1.17. The highest BCUT2D eigenvalue weighted by molar-refractivity contribution is 9.10. The minimum absolute atomic E-state index is 0.527. The Balaban J connectivity index is 2.18. The maximum atomic E-state index is 3.59. The van der Waals surface area contributed by atoms with E-state index >= 15 is 0 Å². The summed E-state index contributed by atoms with van der Waals surface area (Å²) >= 11 is 3.59. The van der Waals surface area contributed by atoms with Crippen molar-refractivity contribution in [2.75, 3.05) is 18.0 Å². The predicted octanol–water partition coefficient (Wildman–Crippen LogP) is 3.79. The maximum Gasteiger partial charge on any atom is 0.0423 e. The van der Waals surface area contributed by atoms with Gasteiger partial charge in [-0.25, -0.2) is 0 Å². The Kier molecular flexibility index (Phi) is 4.68. The van der Waals surface area contributed by atoms with E-state index in [4.69, 9.17) is 0 Å². The third-order valence-corrected chi connectivity index (χ3v) is 4.01. The van der Waals surface area contributed by atoms with Gasteiger partial charge < -0.3 is 10.2 Å². The van der Waals surface area contributed by atoms with E-state index in [0.717, 1.165) is 12.5 Å². The van der Waals surface area contributed by atoms with Gasteiger partial charge in [-0.15, -0.1) is 0 Å². The molecule has 1 atom stereocenters. The van der Waals surface area contributed by atoms with Gasteiger partial charge in [0, 0.05) is 35.8 Å². The zero-order valence-corrected chi connectivity index (χ0v) is 13.1. The Labute approximate surface area is 119 Å². The molecule has 1 aromatic carbocycles. The fraction of sp³-hybridized carbons (Fsp3) is 0.600. The summed E-state index contributed by atoms with van der Waals surface area (Å²) in [4.78, 5) is 2.52. The molecule has 0 aliphatic carbocycles. The molecule has 0 radical (unpaired) electrons. The number of halogens is 1. The van der Waals surface area contributed by atoms with Crippen LogP contribution in [0.3, 0.4) is 0 Å². The smallest absolute Gasteiger partial charge is 0.0423 e. The Morgan fingerprint density at radius 1 is 1.44 bits per heavy atom. The summed E-state index contributed by atoms with van der Waals surface area (Å²) in [5.41, 5.74) is 2.79. The van der Waals surface area contributed by atoms with Gasteiger partial charge >= 0.3 is 0 Å². The van der Waals surface area contributed by atoms with Gasteiger partial charge in [0.1, 0.15) is 0 Å². The van der Waals surface area contributed by atoms with Crippen LogP contribution in [0.1, 0.15) is 32.8 Å². The van der Waals surface area contributed by atoms with Crippen molar-refractivity contribution in [3.8, 4) is 0 Å². The third-order valence-electron chi connectivity index (χ3n) is 3.51. The Bertz CT molecular complexity index is 403. The molecule has 1 saturated heterocycles. The van der Waals surface area contributed by atoms with Crippen LogP contribution < -0.4 is 10.2 Å². The predicted molar refractivity (Wildman–Crippen MR) is 82.1 cm³/mol. The van der Waals surface area contributed by atoms with Crippen molar-refractivity contribution in [3.63, 3.8) is 0 Å². The van der Waals surface area contributed by atoms with E-state index in [1.807, 2.05) is 0 Å². The lowest BCUT2D eigenvalue weighted by Crippen LogP contribution is -2.25. The molecule has 1 aliphatic heterocycles. The summed E-state index contributed by atoms with van der Waals surface area (Å²) in [5, 5.41) is 3.51. The molecule has 0 amide bonds. The molecule has 100 valence electrons. The molecule has 0 aromatic heterocycles. The van der Waals surface area contributed by atoms with Crippen molar-refractivity contribution < 1.29 is 0 Å². The second-order valence-corrected chi connectivity index (χ2v) is 6.56. The van der Waals surface area contributed by atoms with Crippen LogP contribution in [0.4, 0.5) is 5.69 Å². The van der Waals surface area contributed by atoms with Gasteiger partial charge in [0.2, 0.25) is 0 Å². The SMILES string of the molecule is CC1CCN(c2cc(Br)ccc2CNC(C)C)C1. The minimum Gasteiger partial charge on any atom is -0.371 e. The molecule has 18 heavy (non-hydrogen) atoms. The van der Waals surface area contributed by atoms with Crippen LogP contribution >= 0.6 is 15.9 Å². The minimum atomic E-state index is 0.527. The molecule has 1 aliphatic rings. The summed E-state index contributed by atoms with van der Waals surface area (Å²) in [6.45, 7) is 10.0. The van der Waals surface area contributed by atoms with Crippen LogP contribution in [0.15, 0.2) is 22.7 Å². The zero-order chi connectivity index (χ0) is 13.1. The van der Waals surface area contributed by atoms with Crippen LogP contribution in [0.2, 0.25) is 0 Å². The van der Waals surface area contributed by atoms with Crippen molar-refractivity contribution in [3.05, 3.63) is 28.2 Å². The molecular weight excluding hydrogens is 288 g/mol. The normalized spacial score (nSPS) is 19.8. The average Bonchev–Trinajstić information content (AvgIpc) is 2.74. The number of benzene rings is 1. The van der Waals surface area contributed by atoms with E-state index in [9.17, 15) is 0 Å². The molecule has 1 unspecified atom stereocenters. The van der Waals surface area contributed by atoms with Crippen LogP contribution in [0, 0.1) is 5.92 Å². The molecule has 0 spiro atoms. The Hall–Kier alpha value is -0.540. The lowest BCUT2D eigenvalue weighted by molar-refractivity contribution is 0.588. The van der Waals surface area contributed by atoms with Crippen molar-refractivity contribution in [2.24, 2.45) is 5.92 Å². The monoisotopic (exact) mass is 310 g/mol. The van der Waals surface area contributed by atoms with Crippen LogP contribution in [0.25, 0.3) is 0 Å². The molecule has 1 heterocycles. The highest BCUT2D eigenvalue weighted by atomic mass is 79.9. The van der Waals surface area contributed by atoms with E-state index in [2.05, 4.69) is 65.1 Å². The van der Waals surface area contributed by atoms with Crippen molar-refractivity contribution in [1.29, 1.82) is 0 Å². The fourth-order valence-electron chi connectivity index (χ4n) is 2.45.